The van der Waals surface area contributed by atoms with E-state index in [0.717, 1.165) is 19.3 Å². The molecule has 0 bridgehead atoms. The average molecular weight is 269 g/mol. The third kappa shape index (κ3) is 3.24. The van der Waals surface area contributed by atoms with E-state index in [9.17, 15) is 4.79 Å². The first kappa shape index (κ1) is 15.0. The molecule has 1 unspecified atom stereocenters. The summed E-state index contributed by atoms with van der Waals surface area (Å²) >= 11 is 0. The Kier molecular flexibility index (Phi) is 5.63. The number of carbonyl (C=O) groups excluding carboxylic acids is 1. The highest BCUT2D eigenvalue weighted by Crippen LogP contribution is 2.31. The Morgan fingerprint density at radius 1 is 1.50 bits per heavy atom. The van der Waals surface area contributed by atoms with Crippen molar-refractivity contribution >= 4 is 18.3 Å². The molecule has 3 nitrogen and oxygen atoms in total. The van der Waals surface area contributed by atoms with Gasteiger partial charge in [-0.25, -0.2) is 0 Å². The molecule has 18 heavy (non-hydrogen) atoms. The number of halogens is 1. The van der Waals surface area contributed by atoms with Gasteiger partial charge >= 0.3 is 0 Å². The lowest BCUT2D eigenvalue weighted by atomic mass is 9.82. The van der Waals surface area contributed by atoms with Crippen LogP contribution in [0.5, 0.6) is 0 Å². The number of amides is 1. The molecule has 0 fully saturated rings. The van der Waals surface area contributed by atoms with E-state index in [-0.39, 0.29) is 30.3 Å². The minimum absolute atomic E-state index is 0. The van der Waals surface area contributed by atoms with Crippen molar-refractivity contribution in [1.82, 2.24) is 5.32 Å². The molecule has 3 N–H and O–H groups in total. The van der Waals surface area contributed by atoms with Crippen LogP contribution in [0.15, 0.2) is 24.3 Å². The third-order valence-electron chi connectivity index (χ3n) is 3.43. The minimum Gasteiger partial charge on any atom is -0.352 e. The predicted molar refractivity (Wildman–Crippen MR) is 76.0 cm³/mol. The maximum Gasteiger partial charge on any atom is 0.227 e. The molecule has 0 saturated heterocycles. The van der Waals surface area contributed by atoms with Crippen LogP contribution in [0.3, 0.4) is 0 Å². The number of aryl methyl sites for hydroxylation is 1. The third-order valence-corrected chi connectivity index (χ3v) is 3.43. The van der Waals surface area contributed by atoms with E-state index in [4.69, 9.17) is 5.73 Å². The second-order valence-electron chi connectivity index (χ2n) is 4.79. The topological polar surface area (TPSA) is 55.1 Å². The normalized spacial score (nSPS) is 19.3. The standard InChI is InChI=1S/C14H20N2O.ClH/c1-10(9-15)16-14(17)13-8-4-6-11-5-2-3-7-12(11)13;/h2-3,5,7,10,13H,4,6,8-9,15H2,1H3,(H,16,17);1H/t10-,13?;/m0./s1. The molecule has 0 aromatic heterocycles. The monoisotopic (exact) mass is 268 g/mol. The number of carbonyl (C=O) groups is 1. The quantitative estimate of drug-likeness (QED) is 0.881. The van der Waals surface area contributed by atoms with Gasteiger partial charge in [-0.05, 0) is 37.3 Å². The van der Waals surface area contributed by atoms with Crippen molar-refractivity contribution in [1.29, 1.82) is 0 Å². The van der Waals surface area contributed by atoms with Crippen molar-refractivity contribution in [3.8, 4) is 0 Å². The molecule has 0 radical (unpaired) electrons. The summed E-state index contributed by atoms with van der Waals surface area (Å²) in [5, 5.41) is 2.98. The number of hydrogen-bond donors (Lipinski definition) is 2. The summed E-state index contributed by atoms with van der Waals surface area (Å²) in [7, 11) is 0. The Morgan fingerprint density at radius 3 is 2.94 bits per heavy atom. The van der Waals surface area contributed by atoms with Gasteiger partial charge in [0.05, 0.1) is 5.92 Å². The molecule has 2 atom stereocenters. The molecule has 1 amide bonds. The first-order chi connectivity index (χ1) is 8.22. The summed E-state index contributed by atoms with van der Waals surface area (Å²) in [4.78, 5) is 12.2. The van der Waals surface area contributed by atoms with E-state index in [1.54, 1.807) is 0 Å². The van der Waals surface area contributed by atoms with E-state index in [2.05, 4.69) is 17.4 Å². The van der Waals surface area contributed by atoms with E-state index >= 15 is 0 Å². The Hall–Kier alpha value is -1.06. The number of rotatable bonds is 3. The fourth-order valence-corrected chi connectivity index (χ4v) is 2.43. The molecule has 1 aliphatic rings. The molecule has 100 valence electrons. The van der Waals surface area contributed by atoms with E-state index in [1.807, 2.05) is 19.1 Å². The molecular weight excluding hydrogens is 248 g/mol. The molecule has 1 aromatic rings. The summed E-state index contributed by atoms with van der Waals surface area (Å²) in [6.45, 7) is 2.42. The van der Waals surface area contributed by atoms with Crippen LogP contribution >= 0.6 is 12.4 Å². The number of nitrogens with two attached hydrogens (primary N) is 1. The van der Waals surface area contributed by atoms with Crippen molar-refractivity contribution in [2.24, 2.45) is 5.73 Å². The van der Waals surface area contributed by atoms with Gasteiger partial charge in [-0.3, -0.25) is 4.79 Å². The van der Waals surface area contributed by atoms with Crippen molar-refractivity contribution in [3.05, 3.63) is 35.4 Å². The van der Waals surface area contributed by atoms with Crippen molar-refractivity contribution in [3.63, 3.8) is 0 Å². The minimum atomic E-state index is 0. The van der Waals surface area contributed by atoms with Crippen molar-refractivity contribution < 1.29 is 4.79 Å². The van der Waals surface area contributed by atoms with E-state index in [0.29, 0.717) is 6.54 Å². The molecule has 0 aliphatic heterocycles. The Morgan fingerprint density at radius 2 is 2.22 bits per heavy atom. The lowest BCUT2D eigenvalue weighted by Crippen LogP contribution is -2.41. The second kappa shape index (κ2) is 6.76. The van der Waals surface area contributed by atoms with E-state index in [1.165, 1.54) is 11.1 Å². The highest BCUT2D eigenvalue weighted by Gasteiger charge is 2.26. The van der Waals surface area contributed by atoms with Gasteiger partial charge in [-0.1, -0.05) is 24.3 Å². The summed E-state index contributed by atoms with van der Waals surface area (Å²) in [5.74, 6) is 0.129. The van der Waals surface area contributed by atoms with Gasteiger partial charge in [0, 0.05) is 12.6 Å². The number of hydrogen-bond acceptors (Lipinski definition) is 2. The molecule has 1 aromatic carbocycles. The molecule has 4 heteroatoms. The average Bonchev–Trinajstić information content (AvgIpc) is 2.37. The van der Waals surface area contributed by atoms with Gasteiger partial charge in [0.2, 0.25) is 5.91 Å². The lowest BCUT2D eigenvalue weighted by Gasteiger charge is -2.25. The maximum absolute atomic E-state index is 12.2. The van der Waals surface area contributed by atoms with Crippen molar-refractivity contribution in [2.75, 3.05) is 6.54 Å². The Labute approximate surface area is 115 Å². The van der Waals surface area contributed by atoms with Gasteiger partial charge in [-0.2, -0.15) is 0 Å². The molecule has 0 spiro atoms. The van der Waals surface area contributed by atoms with Crippen LogP contribution < -0.4 is 11.1 Å². The molecule has 0 saturated carbocycles. The number of nitrogens with one attached hydrogen (secondary N) is 1. The lowest BCUT2D eigenvalue weighted by molar-refractivity contribution is -0.123. The van der Waals surface area contributed by atoms with Crippen LogP contribution in [0.25, 0.3) is 0 Å². The number of benzene rings is 1. The van der Waals surface area contributed by atoms with Crippen LogP contribution in [0.2, 0.25) is 0 Å². The van der Waals surface area contributed by atoms with Gasteiger partial charge in [0.15, 0.2) is 0 Å². The Bertz CT molecular complexity index is 409. The summed E-state index contributed by atoms with van der Waals surface area (Å²) in [6.07, 6.45) is 3.12. The summed E-state index contributed by atoms with van der Waals surface area (Å²) in [5.41, 5.74) is 8.04. The van der Waals surface area contributed by atoms with Crippen LogP contribution in [-0.2, 0) is 11.2 Å². The SMILES string of the molecule is C[C@@H](CN)NC(=O)C1CCCc2ccccc21.Cl. The highest BCUT2D eigenvalue weighted by atomic mass is 35.5. The highest BCUT2D eigenvalue weighted by molar-refractivity contribution is 5.85. The molecule has 2 rings (SSSR count). The largest absolute Gasteiger partial charge is 0.352 e. The van der Waals surface area contributed by atoms with Crippen LogP contribution in [-0.4, -0.2) is 18.5 Å². The van der Waals surface area contributed by atoms with E-state index < -0.39 is 0 Å². The molecular formula is C14H21ClN2O. The van der Waals surface area contributed by atoms with Crippen molar-refractivity contribution in [2.45, 2.75) is 38.1 Å². The first-order valence-electron chi connectivity index (χ1n) is 6.30. The second-order valence-corrected chi connectivity index (χ2v) is 4.79. The van der Waals surface area contributed by atoms with Crippen LogP contribution in [0.4, 0.5) is 0 Å². The van der Waals surface area contributed by atoms with Gasteiger partial charge < -0.3 is 11.1 Å². The molecule has 0 heterocycles. The van der Waals surface area contributed by atoms with Gasteiger partial charge in [-0.15, -0.1) is 12.4 Å². The smallest absolute Gasteiger partial charge is 0.227 e. The first-order valence-corrected chi connectivity index (χ1v) is 6.30. The zero-order valence-electron chi connectivity index (χ0n) is 10.7. The van der Waals surface area contributed by atoms with Crippen LogP contribution in [0, 0.1) is 0 Å². The zero-order valence-corrected chi connectivity index (χ0v) is 11.5. The maximum atomic E-state index is 12.2. The van der Waals surface area contributed by atoms with Crippen LogP contribution in [0.1, 0.15) is 36.8 Å². The molecule has 1 aliphatic carbocycles. The number of fused-ring (bicyclic) bond motifs is 1. The van der Waals surface area contributed by atoms with Gasteiger partial charge in [0.25, 0.3) is 0 Å². The zero-order chi connectivity index (χ0) is 12.3. The summed E-state index contributed by atoms with van der Waals surface area (Å²) < 4.78 is 0. The van der Waals surface area contributed by atoms with Gasteiger partial charge in [0.1, 0.15) is 0 Å². The predicted octanol–water partition coefficient (Wildman–Crippen LogP) is 1.99. The fourth-order valence-electron chi connectivity index (χ4n) is 2.43. The Balaban J connectivity index is 0.00000162. The summed E-state index contributed by atoms with van der Waals surface area (Å²) in [6, 6.07) is 8.31. The fraction of sp³-hybridized carbons (Fsp3) is 0.500.